The lowest BCUT2D eigenvalue weighted by atomic mass is 9.95. The fourth-order valence-electron chi connectivity index (χ4n) is 6.79. The topological polar surface area (TPSA) is 129 Å². The maximum Gasteiger partial charge on any atom is 0.265 e. The number of hydrogen-bond acceptors (Lipinski definition) is 7. The molecule has 3 aliphatic heterocycles. The van der Waals surface area contributed by atoms with Gasteiger partial charge in [0.25, 0.3) is 11.8 Å². The number of benzene rings is 4. The van der Waals surface area contributed by atoms with Crippen LogP contribution in [0.1, 0.15) is 19.8 Å². The third kappa shape index (κ3) is 7.30. The first kappa shape index (κ1) is 35.3. The molecule has 0 spiro atoms. The second kappa shape index (κ2) is 15.2. The summed E-state index contributed by atoms with van der Waals surface area (Å²) in [4.78, 5) is 51.8. The molecule has 4 aromatic rings. The zero-order chi connectivity index (χ0) is 36.4. The number of anilines is 2. The molecule has 1 atom stereocenters. The SMILES string of the molecule is CC(=O)NCCNCCN1C(=O)COc2cc(-c3cccc(-c4cccc(-c5ccc6c(c5)OCC(=O)N6C[C@@H]5CCC(=O)N5)c4Cl)c3Cl)ccc21. The summed E-state index contributed by atoms with van der Waals surface area (Å²) in [7, 11) is 0. The Kier molecular flexibility index (Phi) is 10.4. The summed E-state index contributed by atoms with van der Waals surface area (Å²) in [5.41, 5.74) is 6.01. The van der Waals surface area contributed by atoms with E-state index in [9.17, 15) is 19.2 Å². The third-order valence-electron chi connectivity index (χ3n) is 9.39. The van der Waals surface area contributed by atoms with Gasteiger partial charge in [-0.1, -0.05) is 71.7 Å². The maximum atomic E-state index is 12.8. The first-order chi connectivity index (χ1) is 25.2. The summed E-state index contributed by atoms with van der Waals surface area (Å²) in [5, 5.41) is 9.94. The van der Waals surface area contributed by atoms with Gasteiger partial charge in [-0.25, -0.2) is 0 Å². The Hall–Kier alpha value is -5.10. The van der Waals surface area contributed by atoms with Crippen molar-refractivity contribution in [2.24, 2.45) is 0 Å². The third-order valence-corrected chi connectivity index (χ3v) is 10.2. The van der Waals surface area contributed by atoms with Crippen molar-refractivity contribution in [1.82, 2.24) is 16.0 Å². The van der Waals surface area contributed by atoms with Gasteiger partial charge in [0.1, 0.15) is 11.5 Å². The van der Waals surface area contributed by atoms with Crippen molar-refractivity contribution < 1.29 is 28.7 Å². The summed E-state index contributed by atoms with van der Waals surface area (Å²) < 4.78 is 11.7. The van der Waals surface area contributed by atoms with E-state index in [-0.39, 0.29) is 42.9 Å². The van der Waals surface area contributed by atoms with Crippen LogP contribution in [-0.4, -0.2) is 75.6 Å². The van der Waals surface area contributed by atoms with Crippen molar-refractivity contribution >= 4 is 58.2 Å². The number of hydrogen-bond donors (Lipinski definition) is 3. The molecule has 4 amide bonds. The number of fused-ring (bicyclic) bond motifs is 2. The minimum Gasteiger partial charge on any atom is -0.482 e. The number of halogens is 2. The zero-order valence-electron chi connectivity index (χ0n) is 28.5. The smallest absolute Gasteiger partial charge is 0.265 e. The standard InChI is InChI=1S/C39H37Cl2N5O6/c1-23(47)43-15-14-42-16-17-45-31-11-8-24(18-33(31)51-21-36(45)49)27-4-2-6-29(38(27)40)30-7-3-5-28(39(30)41)25-9-12-32-34(19-25)52-22-37(50)46(32)20-26-10-13-35(48)44-26/h2-9,11-12,18-19,26,42H,10,13-17,20-22H2,1H3,(H,43,47)(H,44,48)/t26-/m0/s1. The molecule has 0 aromatic heterocycles. The van der Waals surface area contributed by atoms with Crippen LogP contribution in [0, 0.1) is 0 Å². The summed E-state index contributed by atoms with van der Waals surface area (Å²) in [6.07, 6.45) is 1.15. The lowest BCUT2D eigenvalue weighted by Crippen LogP contribution is -2.46. The molecule has 52 heavy (non-hydrogen) atoms. The van der Waals surface area contributed by atoms with Crippen LogP contribution in [0.4, 0.5) is 11.4 Å². The van der Waals surface area contributed by atoms with Crippen LogP contribution < -0.4 is 35.2 Å². The van der Waals surface area contributed by atoms with Gasteiger partial charge in [-0.15, -0.1) is 0 Å². The molecule has 268 valence electrons. The van der Waals surface area contributed by atoms with Crippen molar-refractivity contribution in [3.05, 3.63) is 82.8 Å². The maximum absolute atomic E-state index is 12.8. The van der Waals surface area contributed by atoms with Gasteiger partial charge in [0.05, 0.1) is 21.4 Å². The van der Waals surface area contributed by atoms with E-state index < -0.39 is 0 Å². The number of nitrogens with one attached hydrogen (secondary N) is 3. The van der Waals surface area contributed by atoms with Crippen LogP contribution in [0.25, 0.3) is 33.4 Å². The van der Waals surface area contributed by atoms with Gasteiger partial charge in [0, 0.05) is 74.4 Å². The van der Waals surface area contributed by atoms with Gasteiger partial charge in [-0.3, -0.25) is 19.2 Å². The molecular formula is C39H37Cl2N5O6. The zero-order valence-corrected chi connectivity index (χ0v) is 30.0. The highest BCUT2D eigenvalue weighted by molar-refractivity contribution is 6.39. The molecule has 0 bridgehead atoms. The average molecular weight is 743 g/mol. The normalized spacial score (nSPS) is 16.5. The van der Waals surface area contributed by atoms with Crippen LogP contribution in [0.5, 0.6) is 11.5 Å². The van der Waals surface area contributed by atoms with Gasteiger partial charge in [0.15, 0.2) is 13.2 Å². The first-order valence-corrected chi connectivity index (χ1v) is 17.9. The number of nitrogens with zero attached hydrogens (tertiary/aromatic N) is 2. The molecule has 0 radical (unpaired) electrons. The molecule has 0 aliphatic carbocycles. The molecular weight excluding hydrogens is 705 g/mol. The van der Waals surface area contributed by atoms with Gasteiger partial charge in [0.2, 0.25) is 11.8 Å². The molecule has 0 saturated carbocycles. The highest BCUT2D eigenvalue weighted by Gasteiger charge is 2.31. The van der Waals surface area contributed by atoms with Crippen molar-refractivity contribution in [2.45, 2.75) is 25.8 Å². The van der Waals surface area contributed by atoms with Crippen molar-refractivity contribution in [2.75, 3.05) is 55.7 Å². The predicted octanol–water partition coefficient (Wildman–Crippen LogP) is 5.45. The number of ether oxygens (including phenoxy) is 2. The van der Waals surface area contributed by atoms with Gasteiger partial charge in [-0.05, 0) is 41.8 Å². The lowest BCUT2D eigenvalue weighted by Gasteiger charge is -2.31. The van der Waals surface area contributed by atoms with Crippen molar-refractivity contribution in [3.63, 3.8) is 0 Å². The fraction of sp³-hybridized carbons (Fsp3) is 0.282. The van der Waals surface area contributed by atoms with E-state index in [2.05, 4.69) is 16.0 Å². The van der Waals surface area contributed by atoms with E-state index in [0.29, 0.717) is 78.5 Å². The van der Waals surface area contributed by atoms with Crippen LogP contribution in [0.2, 0.25) is 10.0 Å². The summed E-state index contributed by atoms with van der Waals surface area (Å²) in [6, 6.07) is 22.8. The Morgan fingerprint density at radius 3 is 1.88 bits per heavy atom. The second-order valence-electron chi connectivity index (χ2n) is 12.9. The Morgan fingerprint density at radius 2 is 1.33 bits per heavy atom. The van der Waals surface area contributed by atoms with Crippen LogP contribution in [0.3, 0.4) is 0 Å². The minimum atomic E-state index is -0.156. The van der Waals surface area contributed by atoms with Crippen LogP contribution >= 0.6 is 23.2 Å². The molecule has 3 heterocycles. The number of carbonyl (C=O) groups is 4. The number of carbonyl (C=O) groups excluding carboxylic acids is 4. The molecule has 7 rings (SSSR count). The Bertz CT molecular complexity index is 2070. The summed E-state index contributed by atoms with van der Waals surface area (Å²) >= 11 is 14.3. The van der Waals surface area contributed by atoms with E-state index in [1.165, 1.54) is 6.92 Å². The van der Waals surface area contributed by atoms with Gasteiger partial charge >= 0.3 is 0 Å². The fourth-order valence-corrected chi connectivity index (χ4v) is 7.47. The first-order valence-electron chi connectivity index (χ1n) is 17.1. The second-order valence-corrected chi connectivity index (χ2v) is 13.6. The highest BCUT2D eigenvalue weighted by Crippen LogP contribution is 2.45. The molecule has 1 saturated heterocycles. The average Bonchev–Trinajstić information content (AvgIpc) is 3.55. The van der Waals surface area contributed by atoms with Crippen LogP contribution in [0.15, 0.2) is 72.8 Å². The Morgan fingerprint density at radius 1 is 0.769 bits per heavy atom. The Balaban J connectivity index is 1.12. The number of amides is 4. The quantitative estimate of drug-likeness (QED) is 0.175. The van der Waals surface area contributed by atoms with E-state index >= 15 is 0 Å². The van der Waals surface area contributed by atoms with E-state index in [0.717, 1.165) is 33.4 Å². The molecule has 13 heteroatoms. The predicted molar refractivity (Wildman–Crippen MR) is 201 cm³/mol. The molecule has 0 unspecified atom stereocenters. The molecule has 4 aromatic carbocycles. The minimum absolute atomic E-state index is 0.0000247. The molecule has 11 nitrogen and oxygen atoms in total. The van der Waals surface area contributed by atoms with Gasteiger partial charge < -0.3 is 35.2 Å². The van der Waals surface area contributed by atoms with Crippen LogP contribution in [-0.2, 0) is 19.2 Å². The summed E-state index contributed by atoms with van der Waals surface area (Å²) in [5.74, 6) is 0.778. The molecule has 3 N–H and O–H groups in total. The lowest BCUT2D eigenvalue weighted by molar-refractivity contribution is -0.122. The number of rotatable bonds is 11. The van der Waals surface area contributed by atoms with Crippen molar-refractivity contribution in [3.8, 4) is 44.9 Å². The Labute approximate surface area is 311 Å². The molecule has 1 fully saturated rings. The van der Waals surface area contributed by atoms with E-state index in [1.807, 2.05) is 72.8 Å². The van der Waals surface area contributed by atoms with E-state index in [1.54, 1.807) is 9.80 Å². The van der Waals surface area contributed by atoms with Gasteiger partial charge in [-0.2, -0.15) is 0 Å². The molecule has 3 aliphatic rings. The summed E-state index contributed by atoms with van der Waals surface area (Å²) in [6.45, 7) is 3.81. The monoisotopic (exact) mass is 741 g/mol. The largest absolute Gasteiger partial charge is 0.482 e. The van der Waals surface area contributed by atoms with E-state index in [4.69, 9.17) is 32.7 Å². The van der Waals surface area contributed by atoms with Crippen molar-refractivity contribution in [1.29, 1.82) is 0 Å². The highest BCUT2D eigenvalue weighted by atomic mass is 35.5.